The van der Waals surface area contributed by atoms with Crippen molar-refractivity contribution in [3.63, 3.8) is 0 Å². The maximum absolute atomic E-state index is 9.25. The van der Waals surface area contributed by atoms with Crippen molar-refractivity contribution < 1.29 is 5.11 Å². The molecule has 0 aromatic carbocycles. The molecule has 1 unspecified atom stereocenters. The van der Waals surface area contributed by atoms with Crippen LogP contribution in [-0.2, 0) is 0 Å². The van der Waals surface area contributed by atoms with Gasteiger partial charge in [0.25, 0.3) is 0 Å². The summed E-state index contributed by atoms with van der Waals surface area (Å²) in [7, 11) is 0. The van der Waals surface area contributed by atoms with E-state index in [9.17, 15) is 5.11 Å². The number of anilines is 1. The summed E-state index contributed by atoms with van der Waals surface area (Å²) < 4.78 is 0. The summed E-state index contributed by atoms with van der Waals surface area (Å²) in [6.45, 7) is 6.01. The zero-order chi connectivity index (χ0) is 12.8. The van der Waals surface area contributed by atoms with E-state index in [1.807, 2.05) is 13.0 Å². The second kappa shape index (κ2) is 6.16. The van der Waals surface area contributed by atoms with Crippen molar-refractivity contribution in [1.29, 1.82) is 5.26 Å². The molecule has 0 aliphatic rings. The Morgan fingerprint density at radius 1 is 1.47 bits per heavy atom. The molecule has 1 atom stereocenters. The molecular weight excluding hydrogens is 216 g/mol. The molecule has 0 radical (unpaired) electrons. The molecule has 17 heavy (non-hydrogen) atoms. The van der Waals surface area contributed by atoms with Crippen LogP contribution in [0.5, 0.6) is 0 Å². The van der Waals surface area contributed by atoms with Crippen molar-refractivity contribution in [3.8, 4) is 6.07 Å². The number of aromatic nitrogens is 2. The van der Waals surface area contributed by atoms with Gasteiger partial charge in [0.2, 0.25) is 5.95 Å². The van der Waals surface area contributed by atoms with E-state index in [-0.39, 0.29) is 12.6 Å². The average Bonchev–Trinajstić information content (AvgIpc) is 2.26. The number of nitrogens with one attached hydrogen (secondary N) is 1. The highest BCUT2D eigenvalue weighted by Gasteiger charge is 2.11. The van der Waals surface area contributed by atoms with Crippen molar-refractivity contribution >= 4 is 5.95 Å². The first-order valence-electron chi connectivity index (χ1n) is 5.68. The molecule has 0 fully saturated rings. The Morgan fingerprint density at radius 3 is 2.71 bits per heavy atom. The smallest absolute Gasteiger partial charge is 0.224 e. The Morgan fingerprint density at radius 2 is 2.18 bits per heavy atom. The molecule has 0 aliphatic carbocycles. The van der Waals surface area contributed by atoms with Crippen molar-refractivity contribution in [1.82, 2.24) is 9.97 Å². The van der Waals surface area contributed by atoms with Gasteiger partial charge in [0, 0.05) is 5.69 Å². The van der Waals surface area contributed by atoms with Gasteiger partial charge in [-0.15, -0.1) is 0 Å². The summed E-state index contributed by atoms with van der Waals surface area (Å²) in [6.07, 6.45) is 0.829. The predicted molar refractivity (Wildman–Crippen MR) is 65.4 cm³/mol. The average molecular weight is 234 g/mol. The summed E-state index contributed by atoms with van der Waals surface area (Å²) in [5, 5.41) is 21.1. The number of aliphatic hydroxyl groups excluding tert-OH is 1. The lowest BCUT2D eigenvalue weighted by Crippen LogP contribution is -2.26. The van der Waals surface area contributed by atoms with E-state index in [4.69, 9.17) is 5.26 Å². The molecule has 0 aliphatic heterocycles. The summed E-state index contributed by atoms with van der Waals surface area (Å²) in [6, 6.07) is 3.53. The maximum atomic E-state index is 9.25. The Hall–Kier alpha value is -1.67. The van der Waals surface area contributed by atoms with Crippen molar-refractivity contribution in [2.24, 2.45) is 5.92 Å². The number of hydrogen-bond acceptors (Lipinski definition) is 5. The summed E-state index contributed by atoms with van der Waals surface area (Å²) in [4.78, 5) is 8.25. The normalized spacial score (nSPS) is 12.2. The van der Waals surface area contributed by atoms with Gasteiger partial charge in [-0.1, -0.05) is 13.8 Å². The molecule has 0 saturated carbocycles. The van der Waals surface area contributed by atoms with E-state index < -0.39 is 0 Å². The highest BCUT2D eigenvalue weighted by molar-refractivity contribution is 5.33. The number of aliphatic hydroxyl groups is 1. The maximum Gasteiger partial charge on any atom is 0.224 e. The van der Waals surface area contributed by atoms with Gasteiger partial charge in [-0.05, 0) is 25.3 Å². The molecule has 92 valence electrons. The molecule has 1 aromatic rings. The molecular formula is C12H18N4O. The summed E-state index contributed by atoms with van der Waals surface area (Å²) in [5.41, 5.74) is 1.07. The first-order chi connectivity index (χ1) is 8.05. The number of aryl methyl sites for hydroxylation is 1. The van der Waals surface area contributed by atoms with Crippen molar-refractivity contribution in [2.75, 3.05) is 11.9 Å². The van der Waals surface area contributed by atoms with E-state index in [2.05, 4.69) is 29.1 Å². The van der Waals surface area contributed by atoms with Gasteiger partial charge in [0.05, 0.1) is 12.6 Å². The minimum absolute atomic E-state index is 0.0252. The van der Waals surface area contributed by atoms with Gasteiger partial charge in [-0.25, -0.2) is 9.97 Å². The minimum Gasteiger partial charge on any atom is -0.394 e. The zero-order valence-corrected chi connectivity index (χ0v) is 10.4. The SMILES string of the molecule is Cc1cc(C#N)nc(NC(CO)CC(C)C)n1. The molecule has 1 aromatic heterocycles. The fourth-order valence-corrected chi connectivity index (χ4v) is 1.62. The predicted octanol–water partition coefficient (Wildman–Crippen LogP) is 1.48. The fraction of sp³-hybridized carbons (Fsp3) is 0.583. The number of rotatable bonds is 5. The molecule has 0 amide bonds. The van der Waals surface area contributed by atoms with Crippen LogP contribution in [0.25, 0.3) is 0 Å². The monoisotopic (exact) mass is 234 g/mol. The number of nitrogens with zero attached hydrogens (tertiary/aromatic N) is 3. The highest BCUT2D eigenvalue weighted by Crippen LogP contribution is 2.10. The Balaban J connectivity index is 2.79. The van der Waals surface area contributed by atoms with E-state index in [0.29, 0.717) is 17.6 Å². The second-order valence-corrected chi connectivity index (χ2v) is 4.48. The molecule has 0 saturated heterocycles. The zero-order valence-electron chi connectivity index (χ0n) is 10.4. The Bertz CT molecular complexity index is 411. The molecule has 2 N–H and O–H groups in total. The van der Waals surface area contributed by atoms with Gasteiger partial charge >= 0.3 is 0 Å². The lowest BCUT2D eigenvalue weighted by Gasteiger charge is -2.18. The molecule has 5 heteroatoms. The van der Waals surface area contributed by atoms with Crippen molar-refractivity contribution in [2.45, 2.75) is 33.2 Å². The standard InChI is InChI=1S/C12H18N4O/c1-8(2)4-11(7-17)16-12-14-9(3)5-10(6-13)15-12/h5,8,11,17H,4,7H2,1-3H3,(H,14,15,16). The van der Waals surface area contributed by atoms with Gasteiger partial charge in [-0.3, -0.25) is 0 Å². The third-order valence-electron chi connectivity index (χ3n) is 2.28. The molecule has 1 rings (SSSR count). The van der Waals surface area contributed by atoms with E-state index in [1.165, 1.54) is 0 Å². The van der Waals surface area contributed by atoms with Crippen LogP contribution in [0.3, 0.4) is 0 Å². The molecule has 1 heterocycles. The van der Waals surface area contributed by atoms with Crippen LogP contribution in [0.4, 0.5) is 5.95 Å². The number of nitriles is 1. The van der Waals surface area contributed by atoms with Crippen LogP contribution in [0.2, 0.25) is 0 Å². The van der Waals surface area contributed by atoms with E-state index in [1.54, 1.807) is 6.07 Å². The van der Waals surface area contributed by atoms with Gasteiger partial charge in [0.1, 0.15) is 11.8 Å². The first kappa shape index (κ1) is 13.4. The third-order valence-corrected chi connectivity index (χ3v) is 2.28. The van der Waals surface area contributed by atoms with Crippen molar-refractivity contribution in [3.05, 3.63) is 17.5 Å². The van der Waals surface area contributed by atoms with E-state index in [0.717, 1.165) is 12.1 Å². The van der Waals surface area contributed by atoms with Gasteiger partial charge in [-0.2, -0.15) is 5.26 Å². The van der Waals surface area contributed by atoms with E-state index >= 15 is 0 Å². The van der Waals surface area contributed by atoms with Gasteiger partial charge < -0.3 is 10.4 Å². The second-order valence-electron chi connectivity index (χ2n) is 4.48. The lowest BCUT2D eigenvalue weighted by molar-refractivity contribution is 0.259. The summed E-state index contributed by atoms with van der Waals surface area (Å²) >= 11 is 0. The Labute approximate surface area is 102 Å². The lowest BCUT2D eigenvalue weighted by atomic mass is 10.0. The summed E-state index contributed by atoms with van der Waals surface area (Å²) in [5.74, 6) is 0.876. The van der Waals surface area contributed by atoms with Crippen LogP contribution in [0.15, 0.2) is 6.07 Å². The minimum atomic E-state index is -0.0802. The van der Waals surface area contributed by atoms with Crippen LogP contribution in [-0.4, -0.2) is 27.7 Å². The number of hydrogen-bond donors (Lipinski definition) is 2. The quantitative estimate of drug-likeness (QED) is 0.806. The van der Waals surface area contributed by atoms with Crippen LogP contribution in [0, 0.1) is 24.2 Å². The molecule has 0 bridgehead atoms. The molecule has 5 nitrogen and oxygen atoms in total. The fourth-order valence-electron chi connectivity index (χ4n) is 1.62. The van der Waals surface area contributed by atoms with Crippen LogP contribution in [0.1, 0.15) is 31.7 Å². The largest absolute Gasteiger partial charge is 0.394 e. The third kappa shape index (κ3) is 4.37. The topological polar surface area (TPSA) is 81.8 Å². The molecule has 0 spiro atoms. The van der Waals surface area contributed by atoms with Crippen LogP contribution >= 0.6 is 0 Å². The van der Waals surface area contributed by atoms with Gasteiger partial charge in [0.15, 0.2) is 0 Å². The highest BCUT2D eigenvalue weighted by atomic mass is 16.3. The Kier molecular flexibility index (Phi) is 4.85. The van der Waals surface area contributed by atoms with Crippen LogP contribution < -0.4 is 5.32 Å². The first-order valence-corrected chi connectivity index (χ1v) is 5.68.